The fourth-order valence-corrected chi connectivity index (χ4v) is 4.25. The van der Waals surface area contributed by atoms with Crippen LogP contribution in [0.3, 0.4) is 0 Å². The molecule has 0 fully saturated rings. The molecule has 0 saturated carbocycles. The number of nitrogens with one attached hydrogen (secondary N) is 2. The number of ketones is 1. The van der Waals surface area contributed by atoms with E-state index in [2.05, 4.69) is 30.6 Å². The third kappa shape index (κ3) is 7.63. The summed E-state index contributed by atoms with van der Waals surface area (Å²) < 4.78 is 5.07. The van der Waals surface area contributed by atoms with Gasteiger partial charge in [-0.15, -0.1) is 11.3 Å². The van der Waals surface area contributed by atoms with Crippen molar-refractivity contribution in [3.63, 3.8) is 0 Å². The van der Waals surface area contributed by atoms with Gasteiger partial charge in [0.25, 0.3) is 5.91 Å². The van der Waals surface area contributed by atoms with Gasteiger partial charge in [-0.2, -0.15) is 4.98 Å². The van der Waals surface area contributed by atoms with Crippen molar-refractivity contribution in [3.05, 3.63) is 76.0 Å². The van der Waals surface area contributed by atoms with Gasteiger partial charge in [0.1, 0.15) is 5.82 Å². The maximum Gasteiger partial charge on any atom is 0.330 e. The number of hydrogen-bond donors (Lipinski definition) is 2. The molecule has 11 nitrogen and oxygen atoms in total. The van der Waals surface area contributed by atoms with E-state index in [9.17, 15) is 14.4 Å². The highest BCUT2D eigenvalue weighted by atomic mass is 35.5. The third-order valence-corrected chi connectivity index (χ3v) is 6.29. The second-order valence-electron chi connectivity index (χ2n) is 8.42. The molecule has 3 aromatic heterocycles. The van der Waals surface area contributed by atoms with E-state index in [0.29, 0.717) is 39.4 Å². The number of carbonyl (C=O) groups is 3. The molecule has 1 amide bonds. The first-order chi connectivity index (χ1) is 18.8. The third-order valence-electron chi connectivity index (χ3n) is 5.20. The van der Waals surface area contributed by atoms with Crippen LogP contribution < -0.4 is 10.6 Å². The van der Waals surface area contributed by atoms with E-state index < -0.39 is 11.9 Å². The molecule has 39 heavy (non-hydrogen) atoms. The predicted molar refractivity (Wildman–Crippen MR) is 150 cm³/mol. The van der Waals surface area contributed by atoms with Crippen LogP contribution in [0.25, 0.3) is 10.9 Å². The summed E-state index contributed by atoms with van der Waals surface area (Å²) in [4.78, 5) is 55.7. The number of carbonyl (C=O) groups excluding carboxylic acids is 3. The topological polar surface area (TPSA) is 139 Å². The van der Waals surface area contributed by atoms with Gasteiger partial charge >= 0.3 is 5.97 Å². The van der Waals surface area contributed by atoms with Gasteiger partial charge in [-0.1, -0.05) is 11.6 Å². The lowest BCUT2D eigenvalue weighted by molar-refractivity contribution is -0.138. The first kappa shape index (κ1) is 27.8. The van der Waals surface area contributed by atoms with Crippen LogP contribution in [0.15, 0.2) is 60.4 Å². The molecule has 0 spiro atoms. The van der Waals surface area contributed by atoms with Crippen LogP contribution in [0.4, 0.5) is 17.5 Å². The Labute approximate surface area is 232 Å². The standard InChI is InChI=1S/C26H24ClN7O4S/c1-34(2)11-3-12-38-22(36)7-6-21(35)32-26-31-20-15-28-9-8-18(20)24(33-26)30-16-4-5-17(19(27)14-16)23(37)25-29-10-13-39-25/h4-10,13-15H,3,11-12H2,1-2H3,(H2,30,31,32,33,35). The Morgan fingerprint density at radius 1 is 1.13 bits per heavy atom. The SMILES string of the molecule is CN(C)CCCOC(=O)C=CC(=O)Nc1nc(Nc2ccc(C(=O)c3nccs3)c(Cl)c2)c2ccncc2n1. The minimum Gasteiger partial charge on any atom is -0.462 e. The average molecular weight is 566 g/mol. The Kier molecular flexibility index (Phi) is 9.26. The summed E-state index contributed by atoms with van der Waals surface area (Å²) >= 11 is 7.64. The number of thiazole rings is 1. The van der Waals surface area contributed by atoms with Crippen LogP contribution in [0.1, 0.15) is 21.8 Å². The number of ether oxygens (including phenoxy) is 1. The molecule has 0 saturated heterocycles. The van der Waals surface area contributed by atoms with Crippen LogP contribution in [0.2, 0.25) is 5.02 Å². The normalized spacial score (nSPS) is 11.2. The summed E-state index contributed by atoms with van der Waals surface area (Å²) in [6.45, 7) is 1.03. The highest BCUT2D eigenvalue weighted by Crippen LogP contribution is 2.28. The Hall–Kier alpha value is -4.26. The van der Waals surface area contributed by atoms with Crippen LogP contribution in [0, 0.1) is 0 Å². The largest absolute Gasteiger partial charge is 0.462 e. The molecule has 4 aromatic rings. The van der Waals surface area contributed by atoms with Gasteiger partial charge in [-0.05, 0) is 44.8 Å². The molecular formula is C26H24ClN7O4S. The van der Waals surface area contributed by atoms with E-state index in [1.165, 1.54) is 17.5 Å². The van der Waals surface area contributed by atoms with E-state index in [0.717, 1.165) is 18.7 Å². The van der Waals surface area contributed by atoms with Gasteiger partial charge in [-0.25, -0.2) is 14.8 Å². The van der Waals surface area contributed by atoms with E-state index in [1.807, 2.05) is 19.0 Å². The quantitative estimate of drug-likeness (QED) is 0.118. The summed E-state index contributed by atoms with van der Waals surface area (Å²) in [5, 5.41) is 8.64. The second kappa shape index (κ2) is 13.0. The predicted octanol–water partition coefficient (Wildman–Crippen LogP) is 4.10. The van der Waals surface area contributed by atoms with E-state index >= 15 is 0 Å². The maximum atomic E-state index is 12.6. The fourth-order valence-electron chi connectivity index (χ4n) is 3.39. The number of anilines is 3. The minimum absolute atomic E-state index is 0.00587. The Morgan fingerprint density at radius 2 is 1.97 bits per heavy atom. The van der Waals surface area contributed by atoms with E-state index in [4.69, 9.17) is 16.3 Å². The molecule has 13 heteroatoms. The first-order valence-corrected chi connectivity index (χ1v) is 13.0. The van der Waals surface area contributed by atoms with E-state index in [1.54, 1.807) is 42.0 Å². The lowest BCUT2D eigenvalue weighted by Crippen LogP contribution is -2.16. The lowest BCUT2D eigenvalue weighted by Gasteiger charge is -2.12. The van der Waals surface area contributed by atoms with Gasteiger partial charge in [-0.3, -0.25) is 19.9 Å². The highest BCUT2D eigenvalue weighted by molar-refractivity contribution is 7.11. The number of aromatic nitrogens is 4. The van der Waals surface area contributed by atoms with Crippen molar-refractivity contribution in [1.82, 2.24) is 24.8 Å². The number of nitrogens with zero attached hydrogens (tertiary/aromatic N) is 5. The number of benzene rings is 1. The smallest absolute Gasteiger partial charge is 0.330 e. The highest BCUT2D eigenvalue weighted by Gasteiger charge is 2.16. The van der Waals surface area contributed by atoms with Crippen molar-refractivity contribution in [1.29, 1.82) is 0 Å². The molecule has 1 aromatic carbocycles. The van der Waals surface area contributed by atoms with Crippen molar-refractivity contribution in [3.8, 4) is 0 Å². The minimum atomic E-state index is -0.622. The number of fused-ring (bicyclic) bond motifs is 1. The number of rotatable bonds is 11. The molecule has 0 bridgehead atoms. The maximum absolute atomic E-state index is 12.6. The number of pyridine rings is 1. The van der Waals surface area contributed by atoms with Gasteiger partial charge in [0.05, 0.1) is 23.3 Å². The summed E-state index contributed by atoms with van der Waals surface area (Å²) in [6, 6.07) is 6.61. The van der Waals surface area contributed by atoms with E-state index in [-0.39, 0.29) is 23.4 Å². The molecule has 0 aliphatic heterocycles. The van der Waals surface area contributed by atoms with Crippen LogP contribution in [-0.2, 0) is 14.3 Å². The summed E-state index contributed by atoms with van der Waals surface area (Å²) in [7, 11) is 3.85. The molecule has 0 unspecified atom stereocenters. The van der Waals surface area contributed by atoms with Crippen molar-refractivity contribution in [2.45, 2.75) is 6.42 Å². The average Bonchev–Trinajstić information content (AvgIpc) is 3.45. The molecule has 0 aliphatic carbocycles. The zero-order valence-electron chi connectivity index (χ0n) is 21.1. The van der Waals surface area contributed by atoms with Gasteiger partial charge in [0.2, 0.25) is 11.7 Å². The molecule has 0 aliphatic rings. The number of halogens is 1. The fraction of sp³-hybridized carbons (Fsp3) is 0.192. The van der Waals surface area contributed by atoms with Crippen molar-refractivity contribution < 1.29 is 19.1 Å². The summed E-state index contributed by atoms with van der Waals surface area (Å²) in [6.07, 6.45) is 7.46. The zero-order chi connectivity index (χ0) is 27.8. The first-order valence-electron chi connectivity index (χ1n) is 11.7. The number of esters is 1. The van der Waals surface area contributed by atoms with Gasteiger partial charge < -0.3 is 15.0 Å². The molecule has 4 rings (SSSR count). The number of hydrogen-bond acceptors (Lipinski definition) is 11. The van der Waals surface area contributed by atoms with Crippen molar-refractivity contribution in [2.24, 2.45) is 0 Å². The Morgan fingerprint density at radius 3 is 2.72 bits per heavy atom. The van der Waals surface area contributed by atoms with Crippen molar-refractivity contribution in [2.75, 3.05) is 37.9 Å². The van der Waals surface area contributed by atoms with Gasteiger partial charge in [0.15, 0.2) is 5.01 Å². The lowest BCUT2D eigenvalue weighted by atomic mass is 10.1. The molecule has 3 heterocycles. The Bertz CT molecular complexity index is 1530. The molecule has 2 N–H and O–H groups in total. The summed E-state index contributed by atoms with van der Waals surface area (Å²) in [5.41, 5.74) is 1.35. The summed E-state index contributed by atoms with van der Waals surface area (Å²) in [5.74, 6) is -1.13. The van der Waals surface area contributed by atoms with Crippen molar-refractivity contribution >= 4 is 69.0 Å². The molecule has 200 valence electrons. The van der Waals surface area contributed by atoms with Crippen LogP contribution in [0.5, 0.6) is 0 Å². The molecular weight excluding hydrogens is 542 g/mol. The van der Waals surface area contributed by atoms with Crippen LogP contribution >= 0.6 is 22.9 Å². The van der Waals surface area contributed by atoms with Crippen LogP contribution in [-0.4, -0.2) is 69.7 Å². The molecule has 0 radical (unpaired) electrons. The van der Waals surface area contributed by atoms with Gasteiger partial charge in [0, 0.05) is 53.1 Å². The number of amides is 1. The zero-order valence-corrected chi connectivity index (χ0v) is 22.6. The second-order valence-corrected chi connectivity index (χ2v) is 9.72. The molecule has 0 atom stereocenters. The monoisotopic (exact) mass is 565 g/mol. The Balaban J connectivity index is 1.47.